The van der Waals surface area contributed by atoms with Gasteiger partial charge in [0, 0.05) is 15.9 Å². The molecule has 1 unspecified atom stereocenters. The summed E-state index contributed by atoms with van der Waals surface area (Å²) in [6.07, 6.45) is 0.910. The zero-order valence-corrected chi connectivity index (χ0v) is 12.8. The summed E-state index contributed by atoms with van der Waals surface area (Å²) >= 11 is 14.2. The Bertz CT molecular complexity index is 336. The van der Waals surface area contributed by atoms with Crippen LogP contribution in [0.15, 0.2) is 14.3 Å². The summed E-state index contributed by atoms with van der Waals surface area (Å²) in [6.45, 7) is 2.66. The van der Waals surface area contributed by atoms with Crippen molar-refractivity contribution in [3.63, 3.8) is 0 Å². The SMILES string of the molecule is CCCNC(=O)C(Cl)c1cc(Br)c(Br)s1. The lowest BCUT2D eigenvalue weighted by Crippen LogP contribution is -2.27. The molecule has 0 fully saturated rings. The van der Waals surface area contributed by atoms with Crippen molar-refractivity contribution >= 4 is 60.7 Å². The van der Waals surface area contributed by atoms with Crippen molar-refractivity contribution in [1.82, 2.24) is 5.32 Å². The van der Waals surface area contributed by atoms with Gasteiger partial charge in [0.1, 0.15) is 5.38 Å². The molecule has 0 saturated heterocycles. The Morgan fingerprint density at radius 3 is 2.80 bits per heavy atom. The highest BCUT2D eigenvalue weighted by Gasteiger charge is 2.20. The van der Waals surface area contributed by atoms with E-state index in [0.717, 1.165) is 19.6 Å². The summed E-state index contributed by atoms with van der Waals surface area (Å²) < 4.78 is 1.88. The Balaban J connectivity index is 2.67. The second-order valence-electron chi connectivity index (χ2n) is 2.92. The van der Waals surface area contributed by atoms with Gasteiger partial charge in [0.2, 0.25) is 5.91 Å². The van der Waals surface area contributed by atoms with E-state index in [0.29, 0.717) is 6.54 Å². The lowest BCUT2D eigenvalue weighted by Gasteiger charge is -2.07. The zero-order chi connectivity index (χ0) is 11.4. The Morgan fingerprint density at radius 1 is 1.67 bits per heavy atom. The van der Waals surface area contributed by atoms with Crippen LogP contribution in [-0.4, -0.2) is 12.5 Å². The predicted octanol–water partition coefficient (Wildman–Crippen LogP) is 4.08. The molecule has 0 saturated carbocycles. The number of nitrogens with one attached hydrogen (secondary N) is 1. The quantitative estimate of drug-likeness (QED) is 0.790. The average molecular weight is 376 g/mol. The summed E-state index contributed by atoms with van der Waals surface area (Å²) in [5.74, 6) is -0.139. The molecule has 1 N–H and O–H groups in total. The number of hydrogen-bond acceptors (Lipinski definition) is 2. The molecule has 1 aromatic rings. The van der Waals surface area contributed by atoms with E-state index >= 15 is 0 Å². The van der Waals surface area contributed by atoms with Gasteiger partial charge >= 0.3 is 0 Å². The normalized spacial score (nSPS) is 12.5. The standard InChI is InChI=1S/C9H10Br2ClNOS/c1-2-3-13-9(14)7(12)6-4-5(10)8(11)15-6/h4,7H,2-3H2,1H3,(H,13,14). The number of hydrogen-bond donors (Lipinski definition) is 1. The molecule has 0 spiro atoms. The molecule has 6 heteroatoms. The minimum absolute atomic E-state index is 0.139. The number of halogens is 3. The van der Waals surface area contributed by atoms with Crippen molar-refractivity contribution in [3.05, 3.63) is 19.2 Å². The highest BCUT2D eigenvalue weighted by Crippen LogP contribution is 2.37. The predicted molar refractivity (Wildman–Crippen MR) is 71.6 cm³/mol. The molecule has 2 nitrogen and oxygen atoms in total. The van der Waals surface area contributed by atoms with E-state index in [-0.39, 0.29) is 5.91 Å². The van der Waals surface area contributed by atoms with Gasteiger partial charge in [-0.3, -0.25) is 4.79 Å². The van der Waals surface area contributed by atoms with Crippen LogP contribution in [0.4, 0.5) is 0 Å². The fourth-order valence-corrected chi connectivity index (χ4v) is 3.30. The van der Waals surface area contributed by atoms with Gasteiger partial charge in [-0.25, -0.2) is 0 Å². The minimum Gasteiger partial charge on any atom is -0.355 e. The van der Waals surface area contributed by atoms with Crippen molar-refractivity contribution in [2.24, 2.45) is 0 Å². The van der Waals surface area contributed by atoms with E-state index in [4.69, 9.17) is 11.6 Å². The maximum atomic E-state index is 11.6. The third-order valence-corrected chi connectivity index (χ3v) is 5.58. The molecule has 0 bridgehead atoms. The maximum absolute atomic E-state index is 11.6. The number of carbonyl (C=O) groups excluding carboxylic acids is 1. The van der Waals surface area contributed by atoms with Crippen molar-refractivity contribution < 1.29 is 4.79 Å². The summed E-state index contributed by atoms with van der Waals surface area (Å²) in [4.78, 5) is 12.4. The molecule has 0 aliphatic heterocycles. The van der Waals surface area contributed by atoms with Crippen LogP contribution in [0, 0.1) is 0 Å². The molecule has 0 aliphatic carbocycles. The van der Waals surface area contributed by atoms with Crippen LogP contribution in [0.5, 0.6) is 0 Å². The van der Waals surface area contributed by atoms with E-state index in [1.165, 1.54) is 11.3 Å². The number of thiophene rings is 1. The highest BCUT2D eigenvalue weighted by atomic mass is 79.9. The second-order valence-corrected chi connectivity index (χ2v) is 6.62. The molecular weight excluding hydrogens is 365 g/mol. The monoisotopic (exact) mass is 373 g/mol. The van der Waals surface area contributed by atoms with Crippen molar-refractivity contribution in [2.75, 3.05) is 6.54 Å². The molecule has 0 aromatic carbocycles. The van der Waals surface area contributed by atoms with Crippen LogP contribution in [-0.2, 0) is 4.79 Å². The van der Waals surface area contributed by atoms with Gasteiger partial charge in [-0.1, -0.05) is 6.92 Å². The molecule has 1 aromatic heterocycles. The summed E-state index contributed by atoms with van der Waals surface area (Å²) in [5.41, 5.74) is 0. The van der Waals surface area contributed by atoms with E-state index in [1.807, 2.05) is 13.0 Å². The lowest BCUT2D eigenvalue weighted by atomic mass is 10.3. The van der Waals surface area contributed by atoms with Gasteiger partial charge < -0.3 is 5.32 Å². The topological polar surface area (TPSA) is 29.1 Å². The first-order valence-electron chi connectivity index (χ1n) is 4.42. The third kappa shape index (κ3) is 3.73. The molecular formula is C9H10Br2ClNOS. The van der Waals surface area contributed by atoms with Crippen molar-refractivity contribution in [2.45, 2.75) is 18.7 Å². The molecule has 1 amide bonds. The largest absolute Gasteiger partial charge is 0.355 e. The van der Waals surface area contributed by atoms with E-state index in [9.17, 15) is 4.79 Å². The van der Waals surface area contributed by atoms with Crippen molar-refractivity contribution in [1.29, 1.82) is 0 Å². The zero-order valence-electron chi connectivity index (χ0n) is 8.02. The first-order chi connectivity index (χ1) is 7.06. The van der Waals surface area contributed by atoms with Gasteiger partial charge in [0.05, 0.1) is 3.79 Å². The molecule has 15 heavy (non-hydrogen) atoms. The summed E-state index contributed by atoms with van der Waals surface area (Å²) in [7, 11) is 0. The van der Waals surface area contributed by atoms with Gasteiger partial charge in [-0.15, -0.1) is 22.9 Å². The number of rotatable bonds is 4. The molecule has 0 aliphatic rings. The Labute approximate surface area is 115 Å². The van der Waals surface area contributed by atoms with Gasteiger partial charge in [-0.05, 0) is 44.3 Å². The fraction of sp³-hybridized carbons (Fsp3) is 0.444. The van der Waals surface area contributed by atoms with Crippen LogP contribution in [0.1, 0.15) is 23.6 Å². The van der Waals surface area contributed by atoms with E-state index < -0.39 is 5.38 Å². The molecule has 0 radical (unpaired) electrons. The second kappa shape index (κ2) is 6.23. The first-order valence-corrected chi connectivity index (χ1v) is 7.26. The van der Waals surface area contributed by atoms with Crippen LogP contribution in [0.2, 0.25) is 0 Å². The number of alkyl halides is 1. The Kier molecular flexibility index (Phi) is 5.60. The van der Waals surface area contributed by atoms with E-state index in [1.54, 1.807) is 0 Å². The lowest BCUT2D eigenvalue weighted by molar-refractivity contribution is -0.120. The Hall–Kier alpha value is 0.420. The summed E-state index contributed by atoms with van der Waals surface area (Å²) in [6, 6.07) is 1.86. The molecule has 1 rings (SSSR count). The maximum Gasteiger partial charge on any atom is 0.243 e. The molecule has 84 valence electrons. The third-order valence-electron chi connectivity index (χ3n) is 1.69. The average Bonchev–Trinajstić information content (AvgIpc) is 2.54. The van der Waals surface area contributed by atoms with Crippen LogP contribution < -0.4 is 5.32 Å². The Morgan fingerprint density at radius 2 is 2.33 bits per heavy atom. The van der Waals surface area contributed by atoms with Gasteiger partial charge in [0.15, 0.2) is 0 Å². The first kappa shape index (κ1) is 13.5. The minimum atomic E-state index is -0.607. The van der Waals surface area contributed by atoms with Gasteiger partial charge in [0.25, 0.3) is 0 Å². The van der Waals surface area contributed by atoms with Crippen LogP contribution in [0.25, 0.3) is 0 Å². The number of carbonyl (C=O) groups is 1. The van der Waals surface area contributed by atoms with Crippen LogP contribution in [0.3, 0.4) is 0 Å². The molecule has 1 atom stereocenters. The number of amides is 1. The summed E-state index contributed by atoms with van der Waals surface area (Å²) in [5, 5.41) is 2.16. The molecule has 1 heterocycles. The van der Waals surface area contributed by atoms with E-state index in [2.05, 4.69) is 37.2 Å². The smallest absolute Gasteiger partial charge is 0.243 e. The van der Waals surface area contributed by atoms with Gasteiger partial charge in [-0.2, -0.15) is 0 Å². The van der Waals surface area contributed by atoms with Crippen molar-refractivity contribution in [3.8, 4) is 0 Å². The van der Waals surface area contributed by atoms with Crippen LogP contribution >= 0.6 is 54.8 Å². The fourth-order valence-electron chi connectivity index (χ4n) is 0.955. The highest BCUT2D eigenvalue weighted by molar-refractivity contribution is 9.13.